The van der Waals surface area contributed by atoms with Crippen molar-refractivity contribution in [2.75, 3.05) is 6.61 Å². The average molecular weight is 432 g/mol. The first-order chi connectivity index (χ1) is 16.3. The van der Waals surface area contributed by atoms with Crippen LogP contribution in [0.1, 0.15) is 5.56 Å². The van der Waals surface area contributed by atoms with E-state index >= 15 is 0 Å². The Morgan fingerprint density at radius 2 is 1.36 bits per heavy atom. The predicted octanol–water partition coefficient (Wildman–Crippen LogP) is 5.44. The number of benzene rings is 5. The number of nitrogens with one attached hydrogen (secondary N) is 1. The smallest absolute Gasteiger partial charge is 0.284 e. The topological polar surface area (TPSA) is 59.9 Å². The van der Waals surface area contributed by atoms with Gasteiger partial charge in [0.05, 0.1) is 6.21 Å². The molecule has 1 aliphatic rings. The molecule has 0 spiro atoms. The molecule has 0 fully saturated rings. The molecule has 5 aromatic carbocycles. The van der Waals surface area contributed by atoms with Crippen LogP contribution in [0.4, 0.5) is 0 Å². The third-order valence-electron chi connectivity index (χ3n) is 5.95. The molecule has 1 aliphatic heterocycles. The number of carbonyl (C=O) groups is 1. The van der Waals surface area contributed by atoms with Crippen LogP contribution in [0.5, 0.6) is 11.5 Å². The fourth-order valence-electron chi connectivity index (χ4n) is 4.31. The quantitative estimate of drug-likeness (QED) is 0.235. The number of rotatable bonds is 3. The minimum atomic E-state index is -0.778. The highest BCUT2D eigenvalue weighted by atomic mass is 16.6. The van der Waals surface area contributed by atoms with Crippen LogP contribution in [-0.2, 0) is 4.79 Å². The summed E-state index contributed by atoms with van der Waals surface area (Å²) in [6, 6.07) is 30.3. The number of hydrazone groups is 1. The Morgan fingerprint density at radius 1 is 0.788 bits per heavy atom. The van der Waals surface area contributed by atoms with E-state index in [4.69, 9.17) is 9.47 Å². The van der Waals surface area contributed by atoms with Crippen molar-refractivity contribution in [1.29, 1.82) is 0 Å². The first-order valence-corrected chi connectivity index (χ1v) is 10.8. The Labute approximate surface area is 190 Å². The molecule has 33 heavy (non-hydrogen) atoms. The molecule has 5 nitrogen and oxygen atoms in total. The van der Waals surface area contributed by atoms with Crippen LogP contribution >= 0.6 is 0 Å². The lowest BCUT2D eigenvalue weighted by atomic mass is 9.97. The molecule has 1 amide bonds. The standard InChI is InChI=1S/C28H20N2O3/c31-28(27-17-32-25-14-18-7-1-2-8-19(18)15-26(25)33-27)30-29-16-24-22-11-5-3-9-20(22)13-21-10-4-6-12-23(21)24/h1-16,27H,17H2,(H,30,31)/b29-16+/t27-/m0/s1. The van der Waals surface area contributed by atoms with Gasteiger partial charge in [-0.25, -0.2) is 5.43 Å². The predicted molar refractivity (Wildman–Crippen MR) is 131 cm³/mol. The molecule has 1 heterocycles. The lowest BCUT2D eigenvalue weighted by Crippen LogP contribution is -2.42. The number of carbonyl (C=O) groups excluding carboxylic acids is 1. The summed E-state index contributed by atoms with van der Waals surface area (Å²) in [4.78, 5) is 12.8. The van der Waals surface area contributed by atoms with Crippen LogP contribution in [0.3, 0.4) is 0 Å². The maximum Gasteiger partial charge on any atom is 0.284 e. The second-order valence-electron chi connectivity index (χ2n) is 8.03. The van der Waals surface area contributed by atoms with Crippen LogP contribution in [0.2, 0.25) is 0 Å². The van der Waals surface area contributed by atoms with Crippen molar-refractivity contribution >= 4 is 44.4 Å². The summed E-state index contributed by atoms with van der Waals surface area (Å²) in [6.45, 7) is 0.129. The van der Waals surface area contributed by atoms with E-state index < -0.39 is 6.10 Å². The highest BCUT2D eigenvalue weighted by molar-refractivity contribution is 6.13. The molecule has 0 unspecified atom stereocenters. The van der Waals surface area contributed by atoms with Gasteiger partial charge in [-0.05, 0) is 50.5 Å². The normalized spacial score (nSPS) is 15.3. The first kappa shape index (κ1) is 19.3. The number of amides is 1. The summed E-state index contributed by atoms with van der Waals surface area (Å²) >= 11 is 0. The van der Waals surface area contributed by atoms with E-state index in [2.05, 4.69) is 40.9 Å². The highest BCUT2D eigenvalue weighted by Crippen LogP contribution is 2.36. The molecular formula is C28H20N2O3. The summed E-state index contributed by atoms with van der Waals surface area (Å²) in [7, 11) is 0. The molecule has 1 atom stereocenters. The minimum Gasteiger partial charge on any atom is -0.485 e. The molecule has 5 heteroatoms. The van der Waals surface area contributed by atoms with Crippen molar-refractivity contribution < 1.29 is 14.3 Å². The number of hydrogen-bond acceptors (Lipinski definition) is 4. The van der Waals surface area contributed by atoms with Crippen molar-refractivity contribution in [3.05, 3.63) is 96.6 Å². The summed E-state index contributed by atoms with van der Waals surface area (Å²) in [6.07, 6.45) is 0.924. The summed E-state index contributed by atoms with van der Waals surface area (Å²) < 4.78 is 11.7. The van der Waals surface area contributed by atoms with E-state index in [1.54, 1.807) is 6.21 Å². The lowest BCUT2D eigenvalue weighted by molar-refractivity contribution is -0.130. The Bertz CT molecular complexity index is 1500. The minimum absolute atomic E-state index is 0.129. The Hall–Kier alpha value is -4.38. The molecule has 1 N–H and O–H groups in total. The van der Waals surface area contributed by atoms with Crippen LogP contribution < -0.4 is 14.9 Å². The molecular weight excluding hydrogens is 412 g/mol. The molecule has 0 saturated carbocycles. The average Bonchev–Trinajstić information content (AvgIpc) is 2.86. The van der Waals surface area contributed by atoms with Gasteiger partial charge in [-0.1, -0.05) is 72.8 Å². The highest BCUT2D eigenvalue weighted by Gasteiger charge is 2.27. The van der Waals surface area contributed by atoms with E-state index in [1.807, 2.05) is 60.7 Å². The van der Waals surface area contributed by atoms with Crippen molar-refractivity contribution in [3.63, 3.8) is 0 Å². The third-order valence-corrected chi connectivity index (χ3v) is 5.95. The maximum atomic E-state index is 12.8. The van der Waals surface area contributed by atoms with Gasteiger partial charge in [0.1, 0.15) is 6.61 Å². The number of nitrogens with zero attached hydrogens (tertiary/aromatic N) is 1. The van der Waals surface area contributed by atoms with Crippen molar-refractivity contribution in [3.8, 4) is 11.5 Å². The van der Waals surface area contributed by atoms with Crippen molar-refractivity contribution in [1.82, 2.24) is 5.43 Å². The molecule has 0 bridgehead atoms. The Kier molecular flexibility index (Phi) is 4.65. The molecule has 5 aromatic rings. The summed E-state index contributed by atoms with van der Waals surface area (Å²) in [5.74, 6) is 0.849. The van der Waals surface area contributed by atoms with Crippen LogP contribution in [0.15, 0.2) is 96.1 Å². The van der Waals surface area contributed by atoms with Gasteiger partial charge >= 0.3 is 0 Å². The fourth-order valence-corrected chi connectivity index (χ4v) is 4.31. The SMILES string of the molecule is O=C(N/N=C/c1c2ccccc2cc2ccccc12)[C@@H]1COc2cc3ccccc3cc2O1. The molecule has 6 rings (SSSR count). The zero-order chi connectivity index (χ0) is 22.2. The van der Waals surface area contributed by atoms with Gasteiger partial charge in [0.15, 0.2) is 11.5 Å². The van der Waals surface area contributed by atoms with E-state index in [0.29, 0.717) is 11.5 Å². The van der Waals surface area contributed by atoms with Gasteiger partial charge in [0.2, 0.25) is 6.10 Å². The number of hydrogen-bond donors (Lipinski definition) is 1. The van der Waals surface area contributed by atoms with Gasteiger partial charge in [0, 0.05) is 5.56 Å². The molecule has 0 saturated heterocycles. The van der Waals surface area contributed by atoms with Gasteiger partial charge in [0.25, 0.3) is 5.91 Å². The largest absolute Gasteiger partial charge is 0.485 e. The molecule has 0 aromatic heterocycles. The van der Waals surface area contributed by atoms with Crippen LogP contribution in [0, 0.1) is 0 Å². The second-order valence-corrected chi connectivity index (χ2v) is 8.03. The molecule has 160 valence electrons. The van der Waals surface area contributed by atoms with Crippen LogP contribution in [0.25, 0.3) is 32.3 Å². The number of fused-ring (bicyclic) bond motifs is 4. The lowest BCUT2D eigenvalue weighted by Gasteiger charge is -2.25. The van der Waals surface area contributed by atoms with Crippen molar-refractivity contribution in [2.24, 2.45) is 5.10 Å². The Morgan fingerprint density at radius 3 is 2.03 bits per heavy atom. The molecule has 0 aliphatic carbocycles. The molecule has 0 radical (unpaired) electrons. The summed E-state index contributed by atoms with van der Waals surface area (Å²) in [5.41, 5.74) is 3.58. The zero-order valence-corrected chi connectivity index (χ0v) is 17.7. The zero-order valence-electron chi connectivity index (χ0n) is 17.7. The van der Waals surface area contributed by atoms with E-state index in [-0.39, 0.29) is 12.5 Å². The second kappa shape index (κ2) is 7.95. The van der Waals surface area contributed by atoms with E-state index in [0.717, 1.165) is 37.9 Å². The first-order valence-electron chi connectivity index (χ1n) is 10.8. The van der Waals surface area contributed by atoms with E-state index in [9.17, 15) is 4.79 Å². The van der Waals surface area contributed by atoms with Crippen molar-refractivity contribution in [2.45, 2.75) is 6.10 Å². The van der Waals surface area contributed by atoms with Gasteiger partial charge in [-0.2, -0.15) is 5.10 Å². The van der Waals surface area contributed by atoms with Gasteiger partial charge < -0.3 is 9.47 Å². The van der Waals surface area contributed by atoms with Gasteiger partial charge in [-0.3, -0.25) is 4.79 Å². The Balaban J connectivity index is 1.25. The monoisotopic (exact) mass is 432 g/mol. The number of ether oxygens (including phenoxy) is 2. The fraction of sp³-hybridized carbons (Fsp3) is 0.0714. The third kappa shape index (κ3) is 3.53. The van der Waals surface area contributed by atoms with E-state index in [1.165, 1.54) is 0 Å². The van der Waals surface area contributed by atoms with Crippen LogP contribution in [-0.4, -0.2) is 24.8 Å². The maximum absolute atomic E-state index is 12.8. The summed E-state index contributed by atoms with van der Waals surface area (Å²) in [5, 5.41) is 10.8. The van der Waals surface area contributed by atoms with Gasteiger partial charge in [-0.15, -0.1) is 0 Å².